The van der Waals surface area contributed by atoms with Gasteiger partial charge >= 0.3 is 0 Å². The Morgan fingerprint density at radius 3 is 2.18 bits per heavy atom. The molecule has 0 N–H and O–H groups in total. The molecule has 9 rings (SSSR count). The number of benzene rings is 6. The van der Waals surface area contributed by atoms with E-state index < -0.39 is 0 Å². The van der Waals surface area contributed by atoms with E-state index in [2.05, 4.69) is 135 Å². The van der Waals surface area contributed by atoms with Gasteiger partial charge in [0.1, 0.15) is 0 Å². The van der Waals surface area contributed by atoms with Gasteiger partial charge in [-0.15, -0.1) is 0 Å². The summed E-state index contributed by atoms with van der Waals surface area (Å²) >= 11 is 0. The first kappa shape index (κ1) is 20.9. The van der Waals surface area contributed by atoms with Crippen LogP contribution in [0, 0.1) is 0 Å². The molecule has 39 heavy (non-hydrogen) atoms. The second-order valence-corrected chi connectivity index (χ2v) is 10.4. The lowest BCUT2D eigenvalue weighted by atomic mass is 10.0. The van der Waals surface area contributed by atoms with E-state index in [1.165, 1.54) is 71.3 Å². The zero-order chi connectivity index (χ0) is 25.5. The zero-order valence-corrected chi connectivity index (χ0v) is 21.2. The normalized spacial score (nSPS) is 12.9. The Morgan fingerprint density at radius 1 is 0.487 bits per heavy atom. The van der Waals surface area contributed by atoms with E-state index >= 15 is 0 Å². The standard InChI is InChI=1S/C36H23N3/c1-2-9-25(10-3-1)38-33-17-14-23-8-4-5-11-27(23)36(33)30-21-29-28-12-6-7-13-32(28)39(34(29)22-35(30)38)26-15-16-31-24(20-26)18-19-37-31/h1-17,19-22H,18H2. The van der Waals surface area contributed by atoms with E-state index in [-0.39, 0.29) is 0 Å². The van der Waals surface area contributed by atoms with Crippen molar-refractivity contribution in [1.29, 1.82) is 0 Å². The molecule has 2 aromatic heterocycles. The molecule has 1 aliphatic heterocycles. The average molecular weight is 498 g/mol. The summed E-state index contributed by atoms with van der Waals surface area (Å²) in [6, 6.07) is 44.3. The first-order valence-corrected chi connectivity index (χ1v) is 13.5. The van der Waals surface area contributed by atoms with Crippen LogP contribution in [0.25, 0.3) is 65.8 Å². The Hall–Kier alpha value is -5.15. The molecule has 6 aromatic carbocycles. The van der Waals surface area contributed by atoms with Gasteiger partial charge in [0.25, 0.3) is 0 Å². The number of hydrogen-bond donors (Lipinski definition) is 0. The van der Waals surface area contributed by atoms with Crippen LogP contribution in [-0.2, 0) is 6.42 Å². The topological polar surface area (TPSA) is 22.2 Å². The SMILES string of the molecule is C1=Nc2ccc(-n3c4ccccc4c4cc5c6c7ccccc7ccc6n(-c6ccccc6)c5cc43)cc2C1. The number of aliphatic imine (C=N–C) groups is 1. The molecule has 0 bridgehead atoms. The van der Waals surface area contributed by atoms with Gasteiger partial charge in [0, 0.05) is 45.6 Å². The highest BCUT2D eigenvalue weighted by Crippen LogP contribution is 2.42. The van der Waals surface area contributed by atoms with Crippen LogP contribution in [0.5, 0.6) is 0 Å². The fourth-order valence-corrected chi connectivity index (χ4v) is 6.62. The minimum Gasteiger partial charge on any atom is -0.309 e. The second-order valence-electron chi connectivity index (χ2n) is 10.4. The maximum atomic E-state index is 4.54. The Kier molecular flexibility index (Phi) is 4.11. The molecule has 3 nitrogen and oxygen atoms in total. The van der Waals surface area contributed by atoms with Gasteiger partial charge in [0.05, 0.1) is 27.8 Å². The zero-order valence-electron chi connectivity index (χ0n) is 21.2. The second kappa shape index (κ2) is 7.68. The van der Waals surface area contributed by atoms with Gasteiger partial charge in [-0.25, -0.2) is 0 Å². The van der Waals surface area contributed by atoms with Gasteiger partial charge in [0.15, 0.2) is 0 Å². The smallest absolute Gasteiger partial charge is 0.0663 e. The van der Waals surface area contributed by atoms with Gasteiger partial charge in [-0.05, 0) is 70.9 Å². The summed E-state index contributed by atoms with van der Waals surface area (Å²) < 4.78 is 4.85. The Bertz CT molecular complexity index is 2300. The van der Waals surface area contributed by atoms with Crippen molar-refractivity contribution in [1.82, 2.24) is 9.13 Å². The van der Waals surface area contributed by atoms with Crippen LogP contribution in [-0.4, -0.2) is 15.3 Å². The molecule has 0 fully saturated rings. The van der Waals surface area contributed by atoms with Crippen LogP contribution in [0.15, 0.2) is 126 Å². The fourth-order valence-electron chi connectivity index (χ4n) is 6.62. The third kappa shape index (κ3) is 2.84. The third-order valence-corrected chi connectivity index (χ3v) is 8.33. The quantitative estimate of drug-likeness (QED) is 0.227. The largest absolute Gasteiger partial charge is 0.309 e. The maximum Gasteiger partial charge on any atom is 0.0663 e. The first-order chi connectivity index (χ1) is 19.3. The van der Waals surface area contributed by atoms with Crippen LogP contribution in [0.4, 0.5) is 5.69 Å². The van der Waals surface area contributed by atoms with Crippen LogP contribution in [0.3, 0.4) is 0 Å². The molecule has 0 spiro atoms. The minimum absolute atomic E-state index is 0.889. The molecule has 0 unspecified atom stereocenters. The van der Waals surface area contributed by atoms with Crippen LogP contribution in [0.1, 0.15) is 5.56 Å². The average Bonchev–Trinajstić information content (AvgIpc) is 3.68. The number of fused-ring (bicyclic) bond motifs is 9. The Morgan fingerprint density at radius 2 is 1.26 bits per heavy atom. The van der Waals surface area contributed by atoms with Gasteiger partial charge in [0.2, 0.25) is 0 Å². The predicted molar refractivity (Wildman–Crippen MR) is 164 cm³/mol. The summed E-state index contributed by atoms with van der Waals surface area (Å²) in [4.78, 5) is 4.54. The van der Waals surface area contributed by atoms with E-state index in [1.807, 2.05) is 6.21 Å². The van der Waals surface area contributed by atoms with E-state index in [1.54, 1.807) is 0 Å². The molecule has 3 heterocycles. The highest BCUT2D eigenvalue weighted by Gasteiger charge is 2.20. The molecule has 0 radical (unpaired) electrons. The van der Waals surface area contributed by atoms with E-state index in [9.17, 15) is 0 Å². The lowest BCUT2D eigenvalue weighted by molar-refractivity contribution is 1.16. The van der Waals surface area contributed by atoms with Crippen LogP contribution >= 0.6 is 0 Å². The van der Waals surface area contributed by atoms with Gasteiger partial charge in [-0.3, -0.25) is 4.99 Å². The molecule has 0 saturated heterocycles. The van der Waals surface area contributed by atoms with Crippen LogP contribution < -0.4 is 0 Å². The maximum absolute atomic E-state index is 4.54. The number of rotatable bonds is 2. The number of aromatic nitrogens is 2. The van der Waals surface area contributed by atoms with Crippen molar-refractivity contribution in [3.05, 3.63) is 127 Å². The predicted octanol–water partition coefficient (Wildman–Crippen LogP) is 9.29. The fraction of sp³-hybridized carbons (Fsp3) is 0.0278. The molecule has 0 atom stereocenters. The molecular formula is C36H23N3. The van der Waals surface area contributed by atoms with E-state index in [0.717, 1.165) is 12.1 Å². The molecule has 3 heteroatoms. The van der Waals surface area contributed by atoms with Crippen molar-refractivity contribution in [2.75, 3.05) is 0 Å². The molecule has 0 aliphatic carbocycles. The number of nitrogens with zero attached hydrogens (tertiary/aromatic N) is 3. The van der Waals surface area contributed by atoms with Gasteiger partial charge < -0.3 is 9.13 Å². The van der Waals surface area contributed by atoms with Crippen molar-refractivity contribution >= 4 is 66.3 Å². The van der Waals surface area contributed by atoms with Gasteiger partial charge in [-0.1, -0.05) is 66.7 Å². The first-order valence-electron chi connectivity index (χ1n) is 13.5. The van der Waals surface area contributed by atoms with Crippen molar-refractivity contribution in [3.63, 3.8) is 0 Å². The van der Waals surface area contributed by atoms with Gasteiger partial charge in [-0.2, -0.15) is 0 Å². The minimum atomic E-state index is 0.889. The van der Waals surface area contributed by atoms with Crippen molar-refractivity contribution in [2.45, 2.75) is 6.42 Å². The molecule has 1 aliphatic rings. The number of para-hydroxylation sites is 2. The summed E-state index contributed by atoms with van der Waals surface area (Å²) in [6.07, 6.45) is 2.90. The summed E-state index contributed by atoms with van der Waals surface area (Å²) in [5.41, 5.74) is 9.59. The monoisotopic (exact) mass is 497 g/mol. The Balaban J connectivity index is 1.49. The van der Waals surface area contributed by atoms with E-state index in [0.29, 0.717) is 0 Å². The lowest BCUT2D eigenvalue weighted by Crippen LogP contribution is -1.96. The number of hydrogen-bond acceptors (Lipinski definition) is 1. The molecule has 182 valence electrons. The van der Waals surface area contributed by atoms with Crippen LogP contribution in [0.2, 0.25) is 0 Å². The summed E-state index contributed by atoms with van der Waals surface area (Å²) in [7, 11) is 0. The highest BCUT2D eigenvalue weighted by molar-refractivity contribution is 6.25. The lowest BCUT2D eigenvalue weighted by Gasteiger charge is -2.11. The molecule has 0 saturated carbocycles. The molecule has 0 amide bonds. The highest BCUT2D eigenvalue weighted by atomic mass is 15.0. The summed E-state index contributed by atoms with van der Waals surface area (Å²) in [5.74, 6) is 0. The Labute approximate surface area is 224 Å². The van der Waals surface area contributed by atoms with Crippen molar-refractivity contribution in [3.8, 4) is 11.4 Å². The summed E-state index contributed by atoms with van der Waals surface area (Å²) in [5, 5.41) is 7.68. The molecule has 8 aromatic rings. The summed E-state index contributed by atoms with van der Waals surface area (Å²) in [6.45, 7) is 0. The van der Waals surface area contributed by atoms with Crippen molar-refractivity contribution in [2.24, 2.45) is 4.99 Å². The van der Waals surface area contributed by atoms with E-state index in [4.69, 9.17) is 0 Å². The molecular weight excluding hydrogens is 474 g/mol. The third-order valence-electron chi connectivity index (χ3n) is 8.33. The van der Waals surface area contributed by atoms with Crippen molar-refractivity contribution < 1.29 is 0 Å².